The van der Waals surface area contributed by atoms with E-state index < -0.39 is 0 Å². The third-order valence-corrected chi connectivity index (χ3v) is 4.06. The lowest BCUT2D eigenvalue weighted by Crippen LogP contribution is -2.45. The van der Waals surface area contributed by atoms with E-state index in [0.29, 0.717) is 13.0 Å². The Hall–Kier alpha value is -0.650. The second-order valence-corrected chi connectivity index (χ2v) is 5.80. The van der Waals surface area contributed by atoms with Gasteiger partial charge in [0, 0.05) is 32.1 Å². The van der Waals surface area contributed by atoms with Gasteiger partial charge >= 0.3 is 0 Å². The fraction of sp³-hybridized carbons (Fsp3) is 0.929. The Kier molecular flexibility index (Phi) is 6.07. The SMILES string of the molecule is CC1CCN(CCNC(=O)CC2COCCN2)CC1. The van der Waals surface area contributed by atoms with Crippen LogP contribution in [-0.2, 0) is 9.53 Å². The van der Waals surface area contributed by atoms with Gasteiger partial charge in [-0.25, -0.2) is 0 Å². The number of carbonyl (C=O) groups excluding carboxylic acids is 1. The first-order chi connectivity index (χ1) is 9.24. The van der Waals surface area contributed by atoms with Crippen molar-refractivity contribution in [3.8, 4) is 0 Å². The molecule has 0 aromatic heterocycles. The highest BCUT2D eigenvalue weighted by molar-refractivity contribution is 5.76. The molecule has 0 saturated carbocycles. The molecule has 19 heavy (non-hydrogen) atoms. The number of hydrogen-bond acceptors (Lipinski definition) is 4. The zero-order valence-corrected chi connectivity index (χ0v) is 12.0. The molecular weight excluding hydrogens is 242 g/mol. The van der Waals surface area contributed by atoms with Crippen LogP contribution in [0.2, 0.25) is 0 Å². The van der Waals surface area contributed by atoms with Crippen LogP contribution in [0.4, 0.5) is 0 Å². The molecule has 2 fully saturated rings. The summed E-state index contributed by atoms with van der Waals surface area (Å²) in [5, 5.41) is 6.31. The Bertz CT molecular complexity index is 272. The predicted octanol–water partition coefficient (Wildman–Crippen LogP) is 0.213. The lowest BCUT2D eigenvalue weighted by molar-refractivity contribution is -0.122. The Morgan fingerprint density at radius 2 is 2.21 bits per heavy atom. The number of hydrogen-bond donors (Lipinski definition) is 2. The molecule has 0 radical (unpaired) electrons. The van der Waals surface area contributed by atoms with E-state index in [1.807, 2.05) is 0 Å². The van der Waals surface area contributed by atoms with Crippen molar-refractivity contribution in [1.82, 2.24) is 15.5 Å². The number of piperidine rings is 1. The molecule has 5 heteroatoms. The lowest BCUT2D eigenvalue weighted by Gasteiger charge is -2.30. The number of nitrogens with one attached hydrogen (secondary N) is 2. The van der Waals surface area contributed by atoms with Gasteiger partial charge in [0.25, 0.3) is 0 Å². The highest BCUT2D eigenvalue weighted by Gasteiger charge is 2.18. The summed E-state index contributed by atoms with van der Waals surface area (Å²) in [6, 6.07) is 0.185. The number of carbonyl (C=O) groups is 1. The molecule has 0 aromatic carbocycles. The van der Waals surface area contributed by atoms with E-state index >= 15 is 0 Å². The molecule has 1 atom stereocenters. The Morgan fingerprint density at radius 3 is 2.89 bits per heavy atom. The van der Waals surface area contributed by atoms with Crippen molar-refractivity contribution in [2.75, 3.05) is 45.9 Å². The first-order valence-corrected chi connectivity index (χ1v) is 7.54. The molecular formula is C14H27N3O2. The Balaban J connectivity index is 1.53. The zero-order chi connectivity index (χ0) is 13.5. The Labute approximate surface area is 116 Å². The average molecular weight is 269 g/mol. The highest BCUT2D eigenvalue weighted by atomic mass is 16.5. The molecule has 2 rings (SSSR count). The molecule has 0 bridgehead atoms. The molecule has 110 valence electrons. The van der Waals surface area contributed by atoms with E-state index in [-0.39, 0.29) is 11.9 Å². The summed E-state index contributed by atoms with van der Waals surface area (Å²) in [6.07, 6.45) is 3.10. The van der Waals surface area contributed by atoms with E-state index in [2.05, 4.69) is 22.5 Å². The van der Waals surface area contributed by atoms with Crippen LogP contribution in [0.25, 0.3) is 0 Å². The second-order valence-electron chi connectivity index (χ2n) is 5.80. The number of nitrogens with zero attached hydrogens (tertiary/aromatic N) is 1. The van der Waals surface area contributed by atoms with Crippen molar-refractivity contribution < 1.29 is 9.53 Å². The van der Waals surface area contributed by atoms with Crippen molar-refractivity contribution >= 4 is 5.91 Å². The Morgan fingerprint density at radius 1 is 1.42 bits per heavy atom. The standard InChI is InChI=1S/C14H27N3O2/c1-12-2-6-17(7-3-12)8-4-16-14(18)10-13-11-19-9-5-15-13/h12-13,15H,2-11H2,1H3,(H,16,18). The van der Waals surface area contributed by atoms with Crippen LogP contribution in [0, 0.1) is 5.92 Å². The smallest absolute Gasteiger partial charge is 0.221 e. The first-order valence-electron chi connectivity index (χ1n) is 7.54. The second kappa shape index (κ2) is 7.82. The molecule has 1 amide bonds. The van der Waals surface area contributed by atoms with Crippen molar-refractivity contribution in [3.05, 3.63) is 0 Å². The summed E-state index contributed by atoms with van der Waals surface area (Å²) in [4.78, 5) is 14.2. The summed E-state index contributed by atoms with van der Waals surface area (Å²) in [7, 11) is 0. The van der Waals surface area contributed by atoms with Gasteiger partial charge in [-0.3, -0.25) is 4.79 Å². The molecule has 0 spiro atoms. The monoisotopic (exact) mass is 269 g/mol. The first kappa shape index (κ1) is 14.8. The molecule has 2 N–H and O–H groups in total. The number of ether oxygens (including phenoxy) is 1. The minimum absolute atomic E-state index is 0.133. The molecule has 0 aliphatic carbocycles. The van der Waals surface area contributed by atoms with Gasteiger partial charge < -0.3 is 20.3 Å². The van der Waals surface area contributed by atoms with Crippen LogP contribution < -0.4 is 10.6 Å². The number of morpholine rings is 1. The van der Waals surface area contributed by atoms with Crippen molar-refractivity contribution in [3.63, 3.8) is 0 Å². The van der Waals surface area contributed by atoms with Crippen LogP contribution in [0.15, 0.2) is 0 Å². The van der Waals surface area contributed by atoms with Gasteiger partial charge in [0.2, 0.25) is 5.91 Å². The van der Waals surface area contributed by atoms with E-state index in [1.54, 1.807) is 0 Å². The van der Waals surface area contributed by atoms with Gasteiger partial charge in [-0.15, -0.1) is 0 Å². The quantitative estimate of drug-likeness (QED) is 0.749. The number of amides is 1. The van der Waals surface area contributed by atoms with E-state index in [1.165, 1.54) is 25.9 Å². The van der Waals surface area contributed by atoms with Crippen LogP contribution in [0.3, 0.4) is 0 Å². The van der Waals surface area contributed by atoms with Crippen molar-refractivity contribution in [2.24, 2.45) is 5.92 Å². The molecule has 1 unspecified atom stereocenters. The van der Waals surface area contributed by atoms with Crippen LogP contribution in [-0.4, -0.2) is 62.8 Å². The highest BCUT2D eigenvalue weighted by Crippen LogP contribution is 2.15. The van der Waals surface area contributed by atoms with E-state index in [9.17, 15) is 4.79 Å². The summed E-state index contributed by atoms with van der Waals surface area (Å²) >= 11 is 0. The van der Waals surface area contributed by atoms with Gasteiger partial charge in [0.05, 0.1) is 13.2 Å². The van der Waals surface area contributed by atoms with Crippen molar-refractivity contribution in [1.29, 1.82) is 0 Å². The topological polar surface area (TPSA) is 53.6 Å². The van der Waals surface area contributed by atoms with Gasteiger partial charge in [-0.1, -0.05) is 6.92 Å². The van der Waals surface area contributed by atoms with Gasteiger partial charge in [-0.2, -0.15) is 0 Å². The summed E-state index contributed by atoms with van der Waals surface area (Å²) < 4.78 is 5.34. The number of likely N-dealkylation sites (tertiary alicyclic amines) is 1. The minimum Gasteiger partial charge on any atom is -0.378 e. The summed E-state index contributed by atoms with van der Waals surface area (Å²) in [6.45, 7) is 8.67. The fourth-order valence-electron chi connectivity index (χ4n) is 2.69. The fourth-order valence-corrected chi connectivity index (χ4v) is 2.69. The molecule has 0 aromatic rings. The maximum atomic E-state index is 11.8. The minimum atomic E-state index is 0.133. The van der Waals surface area contributed by atoms with Gasteiger partial charge in [-0.05, 0) is 31.8 Å². The lowest BCUT2D eigenvalue weighted by atomic mass is 9.99. The van der Waals surface area contributed by atoms with Crippen LogP contribution >= 0.6 is 0 Å². The number of rotatable bonds is 5. The third kappa shape index (κ3) is 5.47. The van der Waals surface area contributed by atoms with E-state index in [4.69, 9.17) is 4.74 Å². The molecule has 2 aliphatic heterocycles. The maximum Gasteiger partial charge on any atom is 0.221 e. The summed E-state index contributed by atoms with van der Waals surface area (Å²) in [5.41, 5.74) is 0. The van der Waals surface area contributed by atoms with Crippen LogP contribution in [0.1, 0.15) is 26.2 Å². The predicted molar refractivity (Wildman–Crippen MR) is 75.1 cm³/mol. The molecule has 5 nitrogen and oxygen atoms in total. The van der Waals surface area contributed by atoms with E-state index in [0.717, 1.165) is 32.2 Å². The molecule has 2 saturated heterocycles. The zero-order valence-electron chi connectivity index (χ0n) is 12.0. The van der Waals surface area contributed by atoms with Gasteiger partial charge in [0.15, 0.2) is 0 Å². The maximum absolute atomic E-state index is 11.8. The molecule has 2 aliphatic rings. The third-order valence-electron chi connectivity index (χ3n) is 4.06. The van der Waals surface area contributed by atoms with Gasteiger partial charge in [0.1, 0.15) is 0 Å². The summed E-state index contributed by atoms with van der Waals surface area (Å²) in [5.74, 6) is 0.997. The normalized spacial score (nSPS) is 26.3. The molecule has 2 heterocycles. The van der Waals surface area contributed by atoms with Crippen LogP contribution in [0.5, 0.6) is 0 Å². The largest absolute Gasteiger partial charge is 0.378 e. The van der Waals surface area contributed by atoms with Crippen molar-refractivity contribution in [2.45, 2.75) is 32.2 Å². The average Bonchev–Trinajstić information content (AvgIpc) is 2.42.